The van der Waals surface area contributed by atoms with Crippen molar-refractivity contribution in [3.63, 3.8) is 0 Å². The lowest BCUT2D eigenvalue weighted by atomic mass is 10.0. The maximum absolute atomic E-state index is 11.4. The Morgan fingerprint density at radius 1 is 1.44 bits per heavy atom. The van der Waals surface area contributed by atoms with E-state index in [-0.39, 0.29) is 5.97 Å². The van der Waals surface area contributed by atoms with Gasteiger partial charge in [0.05, 0.1) is 12.7 Å². The van der Waals surface area contributed by atoms with Crippen molar-refractivity contribution in [3.8, 4) is 0 Å². The summed E-state index contributed by atoms with van der Waals surface area (Å²) in [5.74, 6) is -0.276. The van der Waals surface area contributed by atoms with E-state index in [2.05, 4.69) is 19.1 Å². The fourth-order valence-electron chi connectivity index (χ4n) is 1.52. The number of hydrogen-bond acceptors (Lipinski definition) is 2. The Hall–Kier alpha value is -1.57. The van der Waals surface area contributed by atoms with E-state index in [9.17, 15) is 4.79 Å². The summed E-state index contributed by atoms with van der Waals surface area (Å²) in [5, 5.41) is 0. The summed E-state index contributed by atoms with van der Waals surface area (Å²) in [6.45, 7) is 4.07. The first-order chi connectivity index (χ1) is 7.69. The van der Waals surface area contributed by atoms with Crippen molar-refractivity contribution >= 4 is 12.0 Å². The van der Waals surface area contributed by atoms with E-state index in [1.165, 1.54) is 7.11 Å². The summed E-state index contributed by atoms with van der Waals surface area (Å²) in [5.41, 5.74) is 2.71. The highest BCUT2D eigenvalue weighted by Gasteiger charge is 2.07. The maximum Gasteiger partial charge on any atom is 0.338 e. The first-order valence-corrected chi connectivity index (χ1v) is 5.54. The number of methoxy groups -OCH3 is 1. The van der Waals surface area contributed by atoms with Crippen LogP contribution in [0.2, 0.25) is 0 Å². The smallest absolute Gasteiger partial charge is 0.338 e. The molecule has 1 aromatic carbocycles. The summed E-state index contributed by atoms with van der Waals surface area (Å²) in [4.78, 5) is 11.4. The molecule has 0 saturated carbocycles. The Labute approximate surface area is 96.9 Å². The van der Waals surface area contributed by atoms with Crippen LogP contribution in [0.1, 0.15) is 41.3 Å². The summed E-state index contributed by atoms with van der Waals surface area (Å²) >= 11 is 0. The Morgan fingerprint density at radius 3 is 2.75 bits per heavy atom. The highest BCUT2D eigenvalue weighted by molar-refractivity contribution is 5.91. The molecule has 0 aliphatic heterocycles. The lowest BCUT2D eigenvalue weighted by molar-refractivity contribution is 0.0600. The van der Waals surface area contributed by atoms with E-state index in [1.807, 2.05) is 25.1 Å². The molecule has 0 amide bonds. The van der Waals surface area contributed by atoms with Gasteiger partial charge >= 0.3 is 5.97 Å². The average molecular weight is 218 g/mol. The molecule has 2 heteroatoms. The molecule has 0 heterocycles. The second-order valence-electron chi connectivity index (χ2n) is 3.76. The number of benzene rings is 1. The molecule has 86 valence electrons. The fourth-order valence-corrected chi connectivity index (χ4v) is 1.52. The monoisotopic (exact) mass is 218 g/mol. The van der Waals surface area contributed by atoms with E-state index < -0.39 is 0 Å². The lowest BCUT2D eigenvalue weighted by Crippen LogP contribution is -2.03. The van der Waals surface area contributed by atoms with E-state index in [1.54, 1.807) is 0 Å². The summed E-state index contributed by atoms with van der Waals surface area (Å²) in [6.07, 6.45) is 6.46. The number of ether oxygens (including phenoxy) is 1. The third kappa shape index (κ3) is 3.23. The molecule has 0 saturated heterocycles. The van der Waals surface area contributed by atoms with Gasteiger partial charge in [-0.1, -0.05) is 37.6 Å². The molecule has 0 radical (unpaired) electrons. The third-order valence-electron chi connectivity index (χ3n) is 2.42. The first kappa shape index (κ1) is 12.5. The van der Waals surface area contributed by atoms with Gasteiger partial charge < -0.3 is 4.74 Å². The Bertz CT molecular complexity index is 392. The predicted molar refractivity (Wildman–Crippen MR) is 66.5 cm³/mol. The number of aryl methyl sites for hydroxylation is 1. The van der Waals surface area contributed by atoms with Crippen LogP contribution in [0.4, 0.5) is 0 Å². The van der Waals surface area contributed by atoms with Gasteiger partial charge in [0.25, 0.3) is 0 Å². The van der Waals surface area contributed by atoms with Gasteiger partial charge in [-0.15, -0.1) is 0 Å². The van der Waals surface area contributed by atoms with Crippen molar-refractivity contribution in [2.75, 3.05) is 7.11 Å². The van der Waals surface area contributed by atoms with Crippen LogP contribution < -0.4 is 0 Å². The van der Waals surface area contributed by atoms with Crippen molar-refractivity contribution in [3.05, 3.63) is 41.0 Å². The molecular formula is C14H18O2. The van der Waals surface area contributed by atoms with Crippen molar-refractivity contribution in [1.82, 2.24) is 0 Å². The van der Waals surface area contributed by atoms with Crippen LogP contribution in [-0.4, -0.2) is 13.1 Å². The largest absolute Gasteiger partial charge is 0.465 e. The van der Waals surface area contributed by atoms with Gasteiger partial charge in [0.15, 0.2) is 0 Å². The molecule has 0 fully saturated rings. The molecule has 0 aliphatic rings. The van der Waals surface area contributed by atoms with Crippen LogP contribution >= 0.6 is 0 Å². The van der Waals surface area contributed by atoms with Crippen LogP contribution in [0.15, 0.2) is 24.3 Å². The molecule has 0 unspecified atom stereocenters. The molecule has 0 bridgehead atoms. The standard InChI is InChI=1S/C14H18O2/c1-4-5-6-7-12-8-9-13(11(2)10-12)14(15)16-3/h6-10H,4-5H2,1-3H3. The van der Waals surface area contributed by atoms with E-state index in [0.29, 0.717) is 5.56 Å². The molecule has 0 spiro atoms. The molecule has 16 heavy (non-hydrogen) atoms. The van der Waals surface area contributed by atoms with Gasteiger partial charge in [-0.2, -0.15) is 0 Å². The number of hydrogen-bond donors (Lipinski definition) is 0. The number of carbonyl (C=O) groups excluding carboxylic acids is 1. The Balaban J connectivity index is 2.86. The molecule has 1 aromatic rings. The zero-order chi connectivity index (χ0) is 12.0. The van der Waals surface area contributed by atoms with Crippen molar-refractivity contribution in [2.24, 2.45) is 0 Å². The minimum Gasteiger partial charge on any atom is -0.465 e. The Morgan fingerprint density at radius 2 is 2.19 bits per heavy atom. The number of esters is 1. The van der Waals surface area contributed by atoms with Gasteiger partial charge in [0.1, 0.15) is 0 Å². The number of rotatable bonds is 4. The molecule has 0 atom stereocenters. The zero-order valence-electron chi connectivity index (χ0n) is 10.1. The SMILES string of the molecule is CCCC=Cc1ccc(C(=O)OC)c(C)c1. The van der Waals surface area contributed by atoms with Crippen LogP contribution in [0.25, 0.3) is 6.08 Å². The van der Waals surface area contributed by atoms with E-state index >= 15 is 0 Å². The highest BCUT2D eigenvalue weighted by atomic mass is 16.5. The van der Waals surface area contributed by atoms with Gasteiger partial charge in [-0.25, -0.2) is 4.79 Å². The van der Waals surface area contributed by atoms with Crippen molar-refractivity contribution < 1.29 is 9.53 Å². The molecular weight excluding hydrogens is 200 g/mol. The van der Waals surface area contributed by atoms with Gasteiger partial charge in [0, 0.05) is 0 Å². The second-order valence-corrected chi connectivity index (χ2v) is 3.76. The third-order valence-corrected chi connectivity index (χ3v) is 2.42. The van der Waals surface area contributed by atoms with Crippen LogP contribution in [0, 0.1) is 6.92 Å². The summed E-state index contributed by atoms with van der Waals surface area (Å²) < 4.78 is 4.70. The van der Waals surface area contributed by atoms with Crippen molar-refractivity contribution in [1.29, 1.82) is 0 Å². The number of unbranched alkanes of at least 4 members (excludes halogenated alkanes) is 1. The van der Waals surface area contributed by atoms with Crippen LogP contribution in [0.5, 0.6) is 0 Å². The lowest BCUT2D eigenvalue weighted by Gasteiger charge is -2.04. The molecule has 2 nitrogen and oxygen atoms in total. The zero-order valence-corrected chi connectivity index (χ0v) is 10.1. The molecule has 0 aromatic heterocycles. The minimum atomic E-state index is -0.276. The number of carbonyl (C=O) groups is 1. The topological polar surface area (TPSA) is 26.3 Å². The van der Waals surface area contributed by atoms with Crippen LogP contribution in [0.3, 0.4) is 0 Å². The predicted octanol–water partition coefficient (Wildman–Crippen LogP) is 3.59. The van der Waals surface area contributed by atoms with E-state index in [4.69, 9.17) is 4.74 Å². The van der Waals surface area contributed by atoms with Gasteiger partial charge in [0.2, 0.25) is 0 Å². The van der Waals surface area contributed by atoms with Crippen molar-refractivity contribution in [2.45, 2.75) is 26.7 Å². The Kier molecular flexibility index (Phi) is 4.77. The van der Waals surface area contributed by atoms with Gasteiger partial charge in [-0.05, 0) is 30.5 Å². The van der Waals surface area contributed by atoms with E-state index in [0.717, 1.165) is 24.0 Å². The number of allylic oxidation sites excluding steroid dienone is 1. The van der Waals surface area contributed by atoms with Gasteiger partial charge in [-0.3, -0.25) is 0 Å². The first-order valence-electron chi connectivity index (χ1n) is 5.54. The second kappa shape index (κ2) is 6.11. The summed E-state index contributed by atoms with van der Waals surface area (Å²) in [7, 11) is 1.40. The summed E-state index contributed by atoms with van der Waals surface area (Å²) in [6, 6.07) is 5.75. The normalized spacial score (nSPS) is 10.7. The minimum absolute atomic E-state index is 0.276. The molecule has 0 aliphatic carbocycles. The average Bonchev–Trinajstić information content (AvgIpc) is 2.29. The quantitative estimate of drug-likeness (QED) is 0.722. The highest BCUT2D eigenvalue weighted by Crippen LogP contribution is 2.13. The molecule has 1 rings (SSSR count). The fraction of sp³-hybridized carbons (Fsp3) is 0.357. The molecule has 0 N–H and O–H groups in total. The van der Waals surface area contributed by atoms with Crippen LogP contribution in [-0.2, 0) is 4.74 Å². The maximum atomic E-state index is 11.4.